The lowest BCUT2D eigenvalue weighted by Crippen LogP contribution is -2.90. The van der Waals surface area contributed by atoms with Crippen LogP contribution in [0.1, 0.15) is 28.7 Å². The zero-order valence-electron chi connectivity index (χ0n) is 19.7. The summed E-state index contributed by atoms with van der Waals surface area (Å²) >= 11 is 0. The third-order valence-electron chi connectivity index (χ3n) is 7.34. The second-order valence-corrected chi connectivity index (χ2v) is 9.52. The Kier molecular flexibility index (Phi) is 5.44. The topological polar surface area (TPSA) is 58.7 Å². The number of anilines is 1. The number of fused-ring (bicyclic) bond motifs is 5. The molecule has 3 aliphatic rings. The first-order valence-electron chi connectivity index (χ1n) is 12.2. The van der Waals surface area contributed by atoms with Gasteiger partial charge >= 0.3 is 0 Å². The molecule has 0 fully saturated rings. The molecule has 3 aromatic carbocycles. The number of carbonyl (C=O) groups excluding carboxylic acids is 1. The maximum Gasteiger partial charge on any atom is 0.254 e. The predicted octanol–water partition coefficient (Wildman–Crippen LogP) is 2.53. The molecule has 2 heterocycles. The van der Waals surface area contributed by atoms with E-state index in [4.69, 9.17) is 4.99 Å². The lowest BCUT2D eigenvalue weighted by molar-refractivity contribution is -0.488. The minimum Gasteiger partial charge on any atom is -0.388 e. The van der Waals surface area contributed by atoms with Crippen LogP contribution in [-0.2, 0) is 24.1 Å². The molecule has 0 spiro atoms. The highest BCUT2D eigenvalue weighted by atomic mass is 19.1. The number of benzene rings is 3. The number of nitrogens with zero attached hydrogens (tertiary/aromatic N) is 2. The number of aliphatic imine (C=N–C) groups is 1. The van der Waals surface area contributed by atoms with Crippen LogP contribution >= 0.6 is 0 Å². The third kappa shape index (κ3) is 3.93. The van der Waals surface area contributed by atoms with Crippen LogP contribution in [0, 0.1) is 5.82 Å². The number of rotatable bonds is 5. The summed E-state index contributed by atoms with van der Waals surface area (Å²) in [5, 5.41) is 3.23. The molecule has 176 valence electrons. The number of nitrogens with one attached hydrogen (secondary N) is 2. The molecule has 1 amide bonds. The average Bonchev–Trinajstić information content (AvgIpc) is 3.22. The maximum atomic E-state index is 13.8. The first kappa shape index (κ1) is 21.7. The van der Waals surface area contributed by atoms with Gasteiger partial charge < -0.3 is 5.32 Å². The summed E-state index contributed by atoms with van der Waals surface area (Å²) in [5.41, 5.74) is 6.81. The van der Waals surface area contributed by atoms with Gasteiger partial charge in [0.1, 0.15) is 17.9 Å². The van der Waals surface area contributed by atoms with Gasteiger partial charge in [-0.2, -0.15) is 0 Å². The number of hydrogen-bond donors (Lipinski definition) is 2. The zero-order chi connectivity index (χ0) is 23.9. The van der Waals surface area contributed by atoms with Gasteiger partial charge in [-0.05, 0) is 59.9 Å². The molecule has 6 heteroatoms. The van der Waals surface area contributed by atoms with Gasteiger partial charge in [-0.25, -0.2) is 9.38 Å². The van der Waals surface area contributed by atoms with Crippen molar-refractivity contribution >= 4 is 23.1 Å². The molecule has 0 aromatic heterocycles. The first-order valence-corrected chi connectivity index (χ1v) is 12.2. The van der Waals surface area contributed by atoms with Gasteiger partial charge in [-0.3, -0.25) is 14.7 Å². The highest BCUT2D eigenvalue weighted by molar-refractivity contribution is 6.15. The highest BCUT2D eigenvalue weighted by Crippen LogP contribution is 2.31. The fourth-order valence-electron chi connectivity index (χ4n) is 5.61. The van der Waals surface area contributed by atoms with Crippen molar-refractivity contribution in [3.63, 3.8) is 0 Å². The molecule has 3 atom stereocenters. The molecule has 0 radical (unpaired) electrons. The van der Waals surface area contributed by atoms with Gasteiger partial charge in [0.05, 0.1) is 0 Å². The quantitative estimate of drug-likeness (QED) is 0.606. The van der Waals surface area contributed by atoms with Gasteiger partial charge in [0.15, 0.2) is 5.84 Å². The molecular weight excluding hydrogens is 439 g/mol. The summed E-state index contributed by atoms with van der Waals surface area (Å²) in [4.78, 5) is 24.5. The minimum absolute atomic E-state index is 0.0422. The number of halogens is 1. The molecule has 3 aromatic rings. The Hall–Kier alpha value is -3.80. The monoisotopic (exact) mass is 467 g/mol. The third-order valence-corrected chi connectivity index (χ3v) is 7.34. The smallest absolute Gasteiger partial charge is 0.254 e. The second kappa shape index (κ2) is 8.77. The van der Waals surface area contributed by atoms with E-state index in [1.54, 1.807) is 12.1 Å². The van der Waals surface area contributed by atoms with Gasteiger partial charge in [-0.1, -0.05) is 42.5 Å². The van der Waals surface area contributed by atoms with Crippen LogP contribution < -0.4 is 10.3 Å². The molecule has 35 heavy (non-hydrogen) atoms. The van der Waals surface area contributed by atoms with Gasteiger partial charge in [0.25, 0.3) is 5.91 Å². The van der Waals surface area contributed by atoms with Crippen molar-refractivity contribution in [3.05, 3.63) is 101 Å². The van der Waals surface area contributed by atoms with Crippen LogP contribution in [0.3, 0.4) is 0 Å². The lowest BCUT2D eigenvalue weighted by atomic mass is 9.83. The van der Waals surface area contributed by atoms with Gasteiger partial charge in [0, 0.05) is 31.1 Å². The van der Waals surface area contributed by atoms with E-state index in [0.29, 0.717) is 6.42 Å². The lowest BCUT2D eigenvalue weighted by Gasteiger charge is -2.36. The van der Waals surface area contributed by atoms with Crippen molar-refractivity contribution in [1.82, 2.24) is 4.90 Å². The predicted molar refractivity (Wildman–Crippen MR) is 135 cm³/mol. The highest BCUT2D eigenvalue weighted by Gasteiger charge is 2.51. The van der Waals surface area contributed by atoms with Gasteiger partial charge in [-0.15, -0.1) is 0 Å². The number of amides is 1. The van der Waals surface area contributed by atoms with Crippen LogP contribution in [-0.4, -0.2) is 47.5 Å². The summed E-state index contributed by atoms with van der Waals surface area (Å²) < 4.78 is 13.4. The molecule has 0 saturated heterocycles. The van der Waals surface area contributed by atoms with Crippen LogP contribution in [0.4, 0.5) is 10.1 Å². The molecular formula is C29H28FN4O+. The Bertz CT molecular complexity index is 1330. The van der Waals surface area contributed by atoms with Crippen molar-refractivity contribution < 1.29 is 14.2 Å². The molecule has 5 nitrogen and oxygen atoms in total. The van der Waals surface area contributed by atoms with Crippen molar-refractivity contribution in [2.45, 2.75) is 43.8 Å². The van der Waals surface area contributed by atoms with Crippen molar-refractivity contribution in [2.24, 2.45) is 4.99 Å². The number of amidine groups is 1. The molecule has 6 rings (SSSR count). The molecule has 0 saturated carbocycles. The summed E-state index contributed by atoms with van der Waals surface area (Å²) in [6.45, 7) is 0. The van der Waals surface area contributed by atoms with E-state index in [1.165, 1.54) is 28.8 Å². The number of hydrogen-bond acceptors (Lipinski definition) is 3. The Morgan fingerprint density at radius 1 is 1.03 bits per heavy atom. The fourth-order valence-corrected chi connectivity index (χ4v) is 5.61. The van der Waals surface area contributed by atoms with E-state index in [-0.39, 0.29) is 23.8 Å². The SMILES string of the molecule is CNc1ccc2c(c1)CCC1C2=[NH+]C(Cc2ccccc2)C2=NC(Cc3ccc(F)cc3)C(=O)N21. The van der Waals surface area contributed by atoms with E-state index < -0.39 is 6.04 Å². The molecule has 2 aliphatic heterocycles. The van der Waals surface area contributed by atoms with Crippen LogP contribution in [0.25, 0.3) is 0 Å². The summed E-state index contributed by atoms with van der Waals surface area (Å²) in [7, 11) is 1.93. The normalized spacial score (nSPS) is 22.6. The Balaban J connectivity index is 1.39. The summed E-state index contributed by atoms with van der Waals surface area (Å²) in [6, 6.07) is 22.5. The Labute approximate surface area is 204 Å². The standard InChI is InChI=1S/C29H27FN4O/c1-31-22-12-13-23-20(17-22)9-14-26-27(23)32-24(15-18-5-3-2-4-6-18)28-33-25(29(35)34(26)28)16-19-7-10-21(30)11-8-19/h2-8,10-13,17,24-26,31H,9,14-16H2,1H3/p+1. The van der Waals surface area contributed by atoms with E-state index >= 15 is 0 Å². The zero-order valence-corrected chi connectivity index (χ0v) is 19.7. The summed E-state index contributed by atoms with van der Waals surface area (Å²) in [5.74, 6) is 0.598. The maximum absolute atomic E-state index is 13.8. The number of aryl methyl sites for hydroxylation is 1. The van der Waals surface area contributed by atoms with Crippen molar-refractivity contribution in [3.8, 4) is 0 Å². The molecule has 3 unspecified atom stereocenters. The largest absolute Gasteiger partial charge is 0.388 e. The van der Waals surface area contributed by atoms with E-state index in [2.05, 4.69) is 40.6 Å². The number of carbonyl (C=O) groups is 1. The Morgan fingerprint density at radius 3 is 2.57 bits per heavy atom. The van der Waals surface area contributed by atoms with E-state index in [0.717, 1.165) is 42.1 Å². The fraction of sp³-hybridized carbons (Fsp3) is 0.276. The van der Waals surface area contributed by atoms with Crippen molar-refractivity contribution in [2.75, 3.05) is 12.4 Å². The van der Waals surface area contributed by atoms with E-state index in [9.17, 15) is 9.18 Å². The van der Waals surface area contributed by atoms with E-state index in [1.807, 2.05) is 30.1 Å². The van der Waals surface area contributed by atoms with Gasteiger partial charge in [0.2, 0.25) is 11.8 Å². The molecule has 0 bridgehead atoms. The van der Waals surface area contributed by atoms with Crippen LogP contribution in [0.5, 0.6) is 0 Å². The molecule has 1 aliphatic carbocycles. The Morgan fingerprint density at radius 2 is 1.80 bits per heavy atom. The molecule has 2 N–H and O–H groups in total. The summed E-state index contributed by atoms with van der Waals surface area (Å²) in [6.07, 6.45) is 2.98. The second-order valence-electron chi connectivity index (χ2n) is 9.52. The minimum atomic E-state index is -0.483. The van der Waals surface area contributed by atoms with Crippen LogP contribution in [0.15, 0.2) is 77.8 Å². The van der Waals surface area contributed by atoms with Crippen molar-refractivity contribution in [1.29, 1.82) is 0 Å². The average molecular weight is 468 g/mol. The van der Waals surface area contributed by atoms with Crippen LogP contribution in [0.2, 0.25) is 0 Å². The first-order chi connectivity index (χ1) is 17.1.